The molecule has 0 spiro atoms. The molecule has 0 rings (SSSR count). The molecular weight excluding hydrogens is 759 g/mol. The van der Waals surface area contributed by atoms with Gasteiger partial charge < -0.3 is 24.2 Å². The average molecular weight is 849 g/mol. The molecule has 0 aromatic rings. The largest absolute Gasteiger partial charge is 0.472 e. The van der Waals surface area contributed by atoms with Crippen LogP contribution in [0.4, 0.5) is 0 Å². The summed E-state index contributed by atoms with van der Waals surface area (Å²) in [4.78, 5) is 47.9. The minimum atomic E-state index is -4.72. The molecule has 3 unspecified atom stereocenters. The van der Waals surface area contributed by atoms with Gasteiger partial charge in [0.2, 0.25) is 0 Å². The highest BCUT2D eigenvalue weighted by atomic mass is 31.2. The summed E-state index contributed by atoms with van der Waals surface area (Å²) in [5.41, 5.74) is 0. The van der Waals surface area contributed by atoms with Crippen LogP contribution in [-0.2, 0) is 42.2 Å². The summed E-state index contributed by atoms with van der Waals surface area (Å²) in [6.45, 7) is 4.60. The van der Waals surface area contributed by atoms with Crippen LogP contribution in [0.15, 0.2) is 0 Å². The fourth-order valence-electron chi connectivity index (χ4n) is 6.83. The van der Waals surface area contributed by atoms with E-state index in [-0.39, 0.29) is 25.9 Å². The maximum absolute atomic E-state index is 12.8. The Bertz CT molecular complexity index is 995. The molecule has 0 heterocycles. The minimum Gasteiger partial charge on any atom is -0.462 e. The highest BCUT2D eigenvalue weighted by molar-refractivity contribution is 7.47. The molecular formula is C46H89O11P. The van der Waals surface area contributed by atoms with Gasteiger partial charge >= 0.3 is 25.7 Å². The van der Waals surface area contributed by atoms with Gasteiger partial charge in [0, 0.05) is 19.3 Å². The number of phosphoric ester groups is 1. The summed E-state index contributed by atoms with van der Waals surface area (Å²) >= 11 is 0. The molecule has 0 bridgehead atoms. The zero-order valence-electron chi connectivity index (χ0n) is 37.5. The van der Waals surface area contributed by atoms with Crippen LogP contribution in [0.25, 0.3) is 0 Å². The molecule has 58 heavy (non-hydrogen) atoms. The molecule has 0 saturated heterocycles. The molecule has 0 aliphatic rings. The smallest absolute Gasteiger partial charge is 0.462 e. The summed E-state index contributed by atoms with van der Waals surface area (Å²) < 4.78 is 39.1. The summed E-state index contributed by atoms with van der Waals surface area (Å²) in [5.74, 6) is -1.45. The predicted molar refractivity (Wildman–Crippen MR) is 234 cm³/mol. The first kappa shape index (κ1) is 56.5. The Morgan fingerprint density at radius 3 is 1.02 bits per heavy atom. The fourth-order valence-corrected chi connectivity index (χ4v) is 7.61. The summed E-state index contributed by atoms with van der Waals surface area (Å²) in [6.07, 6.45) is 33.8. The Balaban J connectivity index is 4.71. The quantitative estimate of drug-likeness (QED) is 0.0260. The van der Waals surface area contributed by atoms with Crippen LogP contribution in [-0.4, -0.2) is 66.5 Å². The highest BCUT2D eigenvalue weighted by Gasteiger charge is 2.28. The van der Waals surface area contributed by atoms with Gasteiger partial charge in [-0.15, -0.1) is 0 Å². The Hall–Kier alpha value is -1.52. The number of rotatable bonds is 45. The average Bonchev–Trinajstić information content (AvgIpc) is 3.20. The number of carbonyl (C=O) groups is 3. The topological polar surface area (TPSA) is 155 Å². The van der Waals surface area contributed by atoms with Gasteiger partial charge in [-0.05, 0) is 19.3 Å². The lowest BCUT2D eigenvalue weighted by Gasteiger charge is -2.21. The number of esters is 3. The number of hydrogen-bond acceptors (Lipinski definition) is 10. The molecule has 0 saturated carbocycles. The van der Waals surface area contributed by atoms with E-state index < -0.39 is 57.8 Å². The normalized spacial score (nSPS) is 13.5. The van der Waals surface area contributed by atoms with Gasteiger partial charge in [-0.25, -0.2) is 4.57 Å². The number of ether oxygens (including phenoxy) is 3. The second kappa shape index (κ2) is 42.2. The molecule has 3 atom stereocenters. The van der Waals surface area contributed by atoms with Crippen molar-refractivity contribution in [2.45, 2.75) is 251 Å². The van der Waals surface area contributed by atoms with Crippen LogP contribution < -0.4 is 0 Å². The zero-order valence-corrected chi connectivity index (χ0v) is 38.4. The van der Waals surface area contributed by atoms with Gasteiger partial charge in [0.05, 0.1) is 19.8 Å². The minimum absolute atomic E-state index is 0.177. The van der Waals surface area contributed by atoms with E-state index >= 15 is 0 Å². The van der Waals surface area contributed by atoms with Crippen LogP contribution in [0.2, 0.25) is 0 Å². The molecule has 0 aliphatic heterocycles. The van der Waals surface area contributed by atoms with Crippen molar-refractivity contribution in [3.63, 3.8) is 0 Å². The molecule has 0 aliphatic carbocycles. The number of carbonyl (C=O) groups excluding carboxylic acids is 3. The second-order valence-electron chi connectivity index (χ2n) is 16.3. The van der Waals surface area contributed by atoms with Crippen LogP contribution >= 0.6 is 7.82 Å². The SMILES string of the molecule is CCCCCCCCCCCCCCCC(=O)OC(COC(=O)CCCCCCCCCCC)COP(=O)(O)OCC(CO)OC(=O)CCCCCCCCCCC. The summed E-state index contributed by atoms with van der Waals surface area (Å²) in [6, 6.07) is 0. The lowest BCUT2D eigenvalue weighted by molar-refractivity contribution is -0.161. The van der Waals surface area contributed by atoms with E-state index in [2.05, 4.69) is 20.8 Å². The molecule has 2 N–H and O–H groups in total. The van der Waals surface area contributed by atoms with E-state index in [4.69, 9.17) is 23.3 Å². The van der Waals surface area contributed by atoms with E-state index in [0.29, 0.717) is 19.3 Å². The molecule has 0 fully saturated rings. The summed E-state index contributed by atoms with van der Waals surface area (Å²) in [7, 11) is -4.72. The van der Waals surface area contributed by atoms with Gasteiger partial charge in [-0.3, -0.25) is 23.4 Å². The van der Waals surface area contributed by atoms with Crippen molar-refractivity contribution in [2.75, 3.05) is 26.4 Å². The third-order valence-corrected chi connectivity index (χ3v) is 11.5. The molecule has 0 aromatic heterocycles. The van der Waals surface area contributed by atoms with Crippen molar-refractivity contribution >= 4 is 25.7 Å². The Morgan fingerprint density at radius 2 is 0.690 bits per heavy atom. The number of aliphatic hydroxyl groups excluding tert-OH is 1. The van der Waals surface area contributed by atoms with Crippen LogP contribution in [0.3, 0.4) is 0 Å². The van der Waals surface area contributed by atoms with Crippen molar-refractivity contribution < 1.29 is 52.2 Å². The highest BCUT2D eigenvalue weighted by Crippen LogP contribution is 2.43. The van der Waals surface area contributed by atoms with Crippen molar-refractivity contribution in [3.05, 3.63) is 0 Å². The monoisotopic (exact) mass is 849 g/mol. The molecule has 0 aromatic carbocycles. The first-order valence-electron chi connectivity index (χ1n) is 23.9. The van der Waals surface area contributed by atoms with Gasteiger partial charge in [-0.1, -0.05) is 201 Å². The number of hydrogen-bond donors (Lipinski definition) is 2. The second-order valence-corrected chi connectivity index (χ2v) is 17.8. The Morgan fingerprint density at radius 1 is 0.414 bits per heavy atom. The maximum Gasteiger partial charge on any atom is 0.472 e. The molecule has 0 amide bonds. The van der Waals surface area contributed by atoms with Crippen LogP contribution in [0.1, 0.15) is 239 Å². The third-order valence-electron chi connectivity index (χ3n) is 10.5. The lowest BCUT2D eigenvalue weighted by atomic mass is 10.0. The molecule has 11 nitrogen and oxygen atoms in total. The third kappa shape index (κ3) is 39.9. The first-order valence-corrected chi connectivity index (χ1v) is 25.4. The molecule has 12 heteroatoms. The van der Waals surface area contributed by atoms with Crippen LogP contribution in [0.5, 0.6) is 0 Å². The van der Waals surface area contributed by atoms with Gasteiger partial charge in [-0.2, -0.15) is 0 Å². The van der Waals surface area contributed by atoms with E-state index in [1.54, 1.807) is 0 Å². The van der Waals surface area contributed by atoms with Crippen molar-refractivity contribution in [3.8, 4) is 0 Å². The van der Waals surface area contributed by atoms with Crippen molar-refractivity contribution in [1.82, 2.24) is 0 Å². The predicted octanol–water partition coefficient (Wildman–Crippen LogP) is 12.8. The lowest BCUT2D eigenvalue weighted by Crippen LogP contribution is -2.30. The fraction of sp³-hybridized carbons (Fsp3) is 0.935. The van der Waals surface area contributed by atoms with Crippen LogP contribution in [0, 0.1) is 0 Å². The van der Waals surface area contributed by atoms with E-state index in [1.807, 2.05) is 0 Å². The Labute approximate surface area is 354 Å². The maximum atomic E-state index is 12.8. The standard InChI is InChI=1S/C46H89O11P/c1-4-7-10-13-16-19-20-21-22-25-28-31-34-37-46(50)57-43(39-53-44(48)35-32-29-26-23-17-14-11-8-5-2)41-55-58(51,52)54-40-42(38-47)56-45(49)36-33-30-27-24-18-15-12-9-6-3/h42-43,47H,4-41H2,1-3H3,(H,51,52). The number of aliphatic hydroxyl groups is 1. The first-order chi connectivity index (χ1) is 28.2. The summed E-state index contributed by atoms with van der Waals surface area (Å²) in [5, 5.41) is 9.70. The van der Waals surface area contributed by atoms with E-state index in [9.17, 15) is 28.9 Å². The Kier molecular flexibility index (Phi) is 41.1. The molecule has 344 valence electrons. The van der Waals surface area contributed by atoms with Gasteiger partial charge in [0.1, 0.15) is 12.7 Å². The van der Waals surface area contributed by atoms with E-state index in [1.165, 1.54) is 122 Å². The number of phosphoric acid groups is 1. The van der Waals surface area contributed by atoms with Crippen molar-refractivity contribution in [1.29, 1.82) is 0 Å². The molecule has 0 radical (unpaired) electrons. The van der Waals surface area contributed by atoms with Gasteiger partial charge in [0.15, 0.2) is 6.10 Å². The number of unbranched alkanes of at least 4 members (excludes halogenated alkanes) is 28. The van der Waals surface area contributed by atoms with Gasteiger partial charge in [0.25, 0.3) is 0 Å². The zero-order chi connectivity index (χ0) is 42.8. The van der Waals surface area contributed by atoms with Crippen molar-refractivity contribution in [2.24, 2.45) is 0 Å². The van der Waals surface area contributed by atoms with E-state index in [0.717, 1.165) is 57.8 Å².